The summed E-state index contributed by atoms with van der Waals surface area (Å²) in [6, 6.07) is 3.65. The van der Waals surface area contributed by atoms with Crippen molar-refractivity contribution >= 4 is 62.2 Å². The predicted octanol–water partition coefficient (Wildman–Crippen LogP) is 4.31. The van der Waals surface area contributed by atoms with Crippen molar-refractivity contribution in [3.63, 3.8) is 0 Å². The molecule has 0 bridgehead atoms. The number of methoxy groups -OCH3 is 1. The highest BCUT2D eigenvalue weighted by atomic mass is 79.9. The van der Waals surface area contributed by atoms with Crippen molar-refractivity contribution in [1.29, 1.82) is 0 Å². The largest absolute Gasteiger partial charge is 0.493 e. The number of rotatable bonds is 9. The van der Waals surface area contributed by atoms with Crippen molar-refractivity contribution in [2.75, 3.05) is 20.3 Å². The van der Waals surface area contributed by atoms with Crippen molar-refractivity contribution in [2.24, 2.45) is 0 Å². The molecule has 1 fully saturated rings. The number of amides is 1. The van der Waals surface area contributed by atoms with E-state index in [-0.39, 0.29) is 12.3 Å². The smallest absolute Gasteiger partial charge is 0.303 e. The number of ether oxygens (including phenoxy) is 2. The van der Waals surface area contributed by atoms with E-state index in [0.29, 0.717) is 40.3 Å². The second kappa shape index (κ2) is 10.1. The highest BCUT2D eigenvalue weighted by Crippen LogP contribution is 2.39. The van der Waals surface area contributed by atoms with Crippen molar-refractivity contribution in [1.82, 2.24) is 4.90 Å². The molecule has 0 spiro atoms. The lowest BCUT2D eigenvalue weighted by Crippen LogP contribution is -2.29. The lowest BCUT2D eigenvalue weighted by molar-refractivity contribution is -0.137. The fraction of sp³-hybridized carbons (Fsp3) is 0.389. The van der Waals surface area contributed by atoms with E-state index in [0.717, 1.165) is 16.5 Å². The van der Waals surface area contributed by atoms with Crippen LogP contribution in [0.3, 0.4) is 0 Å². The standard InChI is InChI=1S/C18H20BrNO5S2/c1-3-7-25-16-12(19)8-11(9-13(16)24-2)10-14-17(23)20(18(26)27-14)6-4-5-15(21)22/h8-10H,3-7H2,1-2H3,(H,21,22)/b14-10-. The van der Waals surface area contributed by atoms with Crippen LogP contribution in [-0.2, 0) is 9.59 Å². The summed E-state index contributed by atoms with van der Waals surface area (Å²) in [5.74, 6) is 0.0915. The van der Waals surface area contributed by atoms with Crippen LogP contribution in [-0.4, -0.2) is 46.5 Å². The minimum atomic E-state index is -0.890. The molecule has 0 aromatic heterocycles. The maximum atomic E-state index is 12.6. The maximum Gasteiger partial charge on any atom is 0.303 e. The molecule has 1 N–H and O–H groups in total. The van der Waals surface area contributed by atoms with Gasteiger partial charge in [0.15, 0.2) is 11.5 Å². The Labute approximate surface area is 176 Å². The first-order valence-electron chi connectivity index (χ1n) is 8.34. The van der Waals surface area contributed by atoms with Gasteiger partial charge in [0, 0.05) is 13.0 Å². The normalized spacial score (nSPS) is 15.5. The van der Waals surface area contributed by atoms with Gasteiger partial charge in [-0.25, -0.2) is 0 Å². The molecule has 1 aliphatic rings. The van der Waals surface area contributed by atoms with Gasteiger partial charge in [-0.2, -0.15) is 0 Å². The van der Waals surface area contributed by atoms with E-state index >= 15 is 0 Å². The topological polar surface area (TPSA) is 76.1 Å². The monoisotopic (exact) mass is 473 g/mol. The summed E-state index contributed by atoms with van der Waals surface area (Å²) in [5.41, 5.74) is 0.772. The molecule has 1 amide bonds. The molecular weight excluding hydrogens is 454 g/mol. The van der Waals surface area contributed by atoms with E-state index in [2.05, 4.69) is 15.9 Å². The van der Waals surface area contributed by atoms with Crippen LogP contribution >= 0.6 is 39.9 Å². The van der Waals surface area contributed by atoms with Gasteiger partial charge < -0.3 is 14.6 Å². The molecule has 0 unspecified atom stereocenters. The molecular formula is C18H20BrNO5S2. The minimum absolute atomic E-state index is 0.000520. The second-order valence-electron chi connectivity index (χ2n) is 5.71. The first kappa shape index (κ1) is 21.7. The summed E-state index contributed by atoms with van der Waals surface area (Å²) in [4.78, 5) is 25.2. The molecule has 27 heavy (non-hydrogen) atoms. The number of carboxylic acids is 1. The Balaban J connectivity index is 2.20. The summed E-state index contributed by atoms with van der Waals surface area (Å²) < 4.78 is 12.3. The predicted molar refractivity (Wildman–Crippen MR) is 113 cm³/mol. The molecule has 2 rings (SSSR count). The summed E-state index contributed by atoms with van der Waals surface area (Å²) in [5, 5.41) is 8.74. The number of aliphatic carboxylic acids is 1. The van der Waals surface area contributed by atoms with E-state index < -0.39 is 5.97 Å². The molecule has 1 heterocycles. The molecule has 0 atom stereocenters. The zero-order valence-corrected chi connectivity index (χ0v) is 18.2. The number of hydrogen-bond donors (Lipinski definition) is 1. The maximum absolute atomic E-state index is 12.6. The number of halogens is 1. The van der Waals surface area contributed by atoms with Gasteiger partial charge in [-0.3, -0.25) is 14.5 Å². The highest BCUT2D eigenvalue weighted by Gasteiger charge is 2.31. The van der Waals surface area contributed by atoms with Gasteiger partial charge in [0.05, 0.1) is 23.1 Å². The number of nitrogens with zero attached hydrogens (tertiary/aromatic N) is 1. The molecule has 1 saturated heterocycles. The van der Waals surface area contributed by atoms with Crippen LogP contribution in [0.1, 0.15) is 31.7 Å². The van der Waals surface area contributed by atoms with Crippen molar-refractivity contribution < 1.29 is 24.2 Å². The van der Waals surface area contributed by atoms with Gasteiger partial charge in [-0.05, 0) is 52.5 Å². The number of hydrogen-bond acceptors (Lipinski definition) is 6. The number of carbonyl (C=O) groups is 2. The zero-order chi connectivity index (χ0) is 20.0. The molecule has 0 aliphatic carbocycles. The fourth-order valence-corrected chi connectivity index (χ4v) is 4.28. The van der Waals surface area contributed by atoms with E-state index in [1.54, 1.807) is 19.3 Å². The minimum Gasteiger partial charge on any atom is -0.493 e. The van der Waals surface area contributed by atoms with Gasteiger partial charge in [0.2, 0.25) is 0 Å². The SMILES string of the molecule is CCCOc1c(Br)cc(/C=C2\SC(=S)N(CCCC(=O)O)C2=O)cc1OC. The van der Waals surface area contributed by atoms with Crippen molar-refractivity contribution in [3.05, 3.63) is 27.1 Å². The second-order valence-corrected chi connectivity index (χ2v) is 8.24. The van der Waals surface area contributed by atoms with E-state index in [1.165, 1.54) is 16.7 Å². The summed E-state index contributed by atoms with van der Waals surface area (Å²) in [7, 11) is 1.56. The van der Waals surface area contributed by atoms with Crippen LogP contribution in [0.15, 0.2) is 21.5 Å². The van der Waals surface area contributed by atoms with Crippen molar-refractivity contribution in [2.45, 2.75) is 26.2 Å². The molecule has 1 aromatic rings. The van der Waals surface area contributed by atoms with Gasteiger partial charge in [-0.15, -0.1) is 0 Å². The number of carboxylic acid groups (broad SMARTS) is 1. The molecule has 146 valence electrons. The third-order valence-electron chi connectivity index (χ3n) is 3.65. The average molecular weight is 474 g/mol. The summed E-state index contributed by atoms with van der Waals surface area (Å²) >= 11 is 9.95. The number of thiocarbonyl (C=S) groups is 1. The highest BCUT2D eigenvalue weighted by molar-refractivity contribution is 9.10. The van der Waals surface area contributed by atoms with Crippen LogP contribution in [0, 0.1) is 0 Å². The zero-order valence-electron chi connectivity index (χ0n) is 15.0. The van der Waals surface area contributed by atoms with Gasteiger partial charge in [0.25, 0.3) is 5.91 Å². The Kier molecular flexibility index (Phi) is 8.12. The summed E-state index contributed by atoms with van der Waals surface area (Å²) in [6.07, 6.45) is 2.98. The molecule has 9 heteroatoms. The first-order chi connectivity index (χ1) is 12.9. The lowest BCUT2D eigenvalue weighted by atomic mass is 10.1. The first-order valence-corrected chi connectivity index (χ1v) is 10.4. The van der Waals surface area contributed by atoms with Crippen LogP contribution < -0.4 is 9.47 Å². The lowest BCUT2D eigenvalue weighted by Gasteiger charge is -2.13. The quantitative estimate of drug-likeness (QED) is 0.422. The third-order valence-corrected chi connectivity index (χ3v) is 5.61. The summed E-state index contributed by atoms with van der Waals surface area (Å²) in [6.45, 7) is 2.89. The number of thioether (sulfide) groups is 1. The van der Waals surface area contributed by atoms with Gasteiger partial charge in [-0.1, -0.05) is 30.9 Å². The molecule has 6 nitrogen and oxygen atoms in total. The van der Waals surface area contributed by atoms with E-state index in [9.17, 15) is 9.59 Å². The molecule has 1 aliphatic heterocycles. The van der Waals surface area contributed by atoms with Gasteiger partial charge in [0.1, 0.15) is 4.32 Å². The van der Waals surface area contributed by atoms with Crippen molar-refractivity contribution in [3.8, 4) is 11.5 Å². The third kappa shape index (κ3) is 5.70. The number of carbonyl (C=O) groups excluding carboxylic acids is 1. The molecule has 1 aromatic carbocycles. The van der Waals surface area contributed by atoms with Crippen LogP contribution in [0.4, 0.5) is 0 Å². The Bertz CT molecular complexity index is 781. The van der Waals surface area contributed by atoms with E-state index in [4.69, 9.17) is 26.8 Å². The molecule has 0 radical (unpaired) electrons. The van der Waals surface area contributed by atoms with E-state index in [1.807, 2.05) is 13.0 Å². The fourth-order valence-electron chi connectivity index (χ4n) is 2.40. The van der Waals surface area contributed by atoms with Crippen LogP contribution in [0.25, 0.3) is 6.08 Å². The van der Waals surface area contributed by atoms with Crippen LogP contribution in [0.2, 0.25) is 0 Å². The van der Waals surface area contributed by atoms with Gasteiger partial charge >= 0.3 is 5.97 Å². The Hall–Kier alpha value is -1.58. The molecule has 0 saturated carbocycles. The number of benzene rings is 1. The Morgan fingerprint density at radius 1 is 1.44 bits per heavy atom. The van der Waals surface area contributed by atoms with Crippen LogP contribution in [0.5, 0.6) is 11.5 Å². The Morgan fingerprint density at radius 3 is 2.81 bits per heavy atom. The Morgan fingerprint density at radius 2 is 2.19 bits per heavy atom. The average Bonchev–Trinajstić information content (AvgIpc) is 2.87.